The molecule has 0 aromatic heterocycles. The number of hydrogen-bond donors (Lipinski definition) is 0. The van der Waals surface area contributed by atoms with E-state index in [1.807, 2.05) is 20.8 Å². The van der Waals surface area contributed by atoms with Gasteiger partial charge in [0.05, 0.1) is 31.5 Å². The fraction of sp³-hybridized carbons (Fsp3) is 1.00. The van der Waals surface area contributed by atoms with Gasteiger partial charge in [-0.15, -0.1) is 0 Å². The van der Waals surface area contributed by atoms with Gasteiger partial charge in [0, 0.05) is 0 Å². The quantitative estimate of drug-likeness (QED) is 0.283. The summed E-state index contributed by atoms with van der Waals surface area (Å²) in [6.45, 7) is 8.58. The molecule has 136 valence electrons. The van der Waals surface area contributed by atoms with E-state index in [0.29, 0.717) is 0 Å². The van der Waals surface area contributed by atoms with Gasteiger partial charge in [-0.2, -0.15) is 0 Å². The molecule has 2 rings (SSSR count). The number of phosphoric acid groups is 1. The van der Waals surface area contributed by atoms with E-state index in [2.05, 4.69) is 6.92 Å². The van der Waals surface area contributed by atoms with Gasteiger partial charge in [-0.3, -0.25) is 13.6 Å². The molecule has 5 atom stereocenters. The van der Waals surface area contributed by atoms with Crippen LogP contribution in [0.1, 0.15) is 59.8 Å². The van der Waals surface area contributed by atoms with Crippen molar-refractivity contribution < 1.29 is 27.6 Å². The first-order valence-electron chi connectivity index (χ1n) is 8.85. The number of ether oxygens (including phenoxy) is 2. The van der Waals surface area contributed by atoms with Gasteiger partial charge in [-0.05, 0) is 26.7 Å². The molecule has 2 heterocycles. The zero-order chi connectivity index (χ0) is 16.9. The van der Waals surface area contributed by atoms with E-state index in [0.717, 1.165) is 32.1 Å². The fourth-order valence-electron chi connectivity index (χ4n) is 2.37. The highest BCUT2D eigenvalue weighted by Gasteiger charge is 2.42. The SMILES string of the molecule is CCCCCC(CC)OP(=O)(OCC1OC1C)OCC1OC1C. The van der Waals surface area contributed by atoms with Crippen molar-refractivity contribution in [1.82, 2.24) is 0 Å². The number of phosphoric ester groups is 1. The molecule has 0 amide bonds. The molecule has 0 bridgehead atoms. The summed E-state index contributed by atoms with van der Waals surface area (Å²) >= 11 is 0. The Labute approximate surface area is 139 Å². The average Bonchev–Trinajstić information content (AvgIpc) is 3.42. The maximum Gasteiger partial charge on any atom is 0.475 e. The first-order chi connectivity index (χ1) is 11.0. The van der Waals surface area contributed by atoms with E-state index in [1.54, 1.807) is 0 Å². The largest absolute Gasteiger partial charge is 0.475 e. The van der Waals surface area contributed by atoms with Crippen LogP contribution in [0.3, 0.4) is 0 Å². The van der Waals surface area contributed by atoms with Crippen LogP contribution in [0.4, 0.5) is 0 Å². The highest BCUT2D eigenvalue weighted by atomic mass is 31.2. The molecule has 23 heavy (non-hydrogen) atoms. The lowest BCUT2D eigenvalue weighted by molar-refractivity contribution is 0.0642. The molecule has 7 heteroatoms. The predicted molar refractivity (Wildman–Crippen MR) is 87.5 cm³/mol. The van der Waals surface area contributed by atoms with Crippen molar-refractivity contribution >= 4 is 7.82 Å². The van der Waals surface area contributed by atoms with Crippen LogP contribution in [0, 0.1) is 0 Å². The summed E-state index contributed by atoms with van der Waals surface area (Å²) in [5, 5.41) is 0. The standard InChI is InChI=1S/C16H31O6P/c1-5-7-8-9-14(6-2)22-23(17,18-10-15-12(3)20-15)19-11-16-13(4)21-16/h12-16H,5-11H2,1-4H3. The van der Waals surface area contributed by atoms with E-state index < -0.39 is 7.82 Å². The Bertz CT molecular complexity index is 380. The number of rotatable bonds is 13. The molecule has 2 fully saturated rings. The fourth-order valence-corrected chi connectivity index (χ4v) is 3.85. The number of unbranched alkanes of at least 4 members (excludes halogenated alkanes) is 2. The van der Waals surface area contributed by atoms with Crippen molar-refractivity contribution in [2.24, 2.45) is 0 Å². The summed E-state index contributed by atoms with van der Waals surface area (Å²) in [7, 11) is -3.58. The van der Waals surface area contributed by atoms with E-state index >= 15 is 0 Å². The molecule has 0 saturated carbocycles. The van der Waals surface area contributed by atoms with E-state index in [1.165, 1.54) is 0 Å². The predicted octanol–water partition coefficient (Wildman–Crippen LogP) is 4.08. The highest BCUT2D eigenvalue weighted by molar-refractivity contribution is 7.48. The molecule has 0 aromatic rings. The van der Waals surface area contributed by atoms with Gasteiger partial charge < -0.3 is 9.47 Å². The first kappa shape index (κ1) is 19.4. The minimum absolute atomic E-state index is 0.00760. The highest BCUT2D eigenvalue weighted by Crippen LogP contribution is 2.53. The lowest BCUT2D eigenvalue weighted by atomic mass is 10.1. The number of hydrogen-bond acceptors (Lipinski definition) is 6. The Morgan fingerprint density at radius 2 is 1.52 bits per heavy atom. The third kappa shape index (κ3) is 6.81. The minimum atomic E-state index is -3.58. The molecule has 0 spiro atoms. The molecule has 0 aromatic carbocycles. The Hall–Kier alpha value is 0.0300. The van der Waals surface area contributed by atoms with Crippen molar-refractivity contribution in [1.29, 1.82) is 0 Å². The van der Waals surface area contributed by atoms with E-state index in [9.17, 15) is 4.57 Å². The Balaban J connectivity index is 1.83. The van der Waals surface area contributed by atoms with Gasteiger partial charge >= 0.3 is 7.82 Å². The molecule has 6 nitrogen and oxygen atoms in total. The maximum absolute atomic E-state index is 12.9. The Morgan fingerprint density at radius 3 is 1.91 bits per heavy atom. The summed E-state index contributed by atoms with van der Waals surface area (Å²) in [5.74, 6) is 0. The molecule has 2 aliphatic rings. The van der Waals surface area contributed by atoms with Gasteiger partial charge in [0.2, 0.25) is 0 Å². The van der Waals surface area contributed by atoms with Crippen LogP contribution in [0.25, 0.3) is 0 Å². The van der Waals surface area contributed by atoms with Crippen molar-refractivity contribution in [3.8, 4) is 0 Å². The average molecular weight is 350 g/mol. The van der Waals surface area contributed by atoms with Gasteiger partial charge in [0.25, 0.3) is 0 Å². The topological polar surface area (TPSA) is 69.8 Å². The second kappa shape index (κ2) is 8.93. The zero-order valence-electron chi connectivity index (χ0n) is 14.7. The smallest absolute Gasteiger partial charge is 0.367 e. The zero-order valence-corrected chi connectivity index (χ0v) is 15.6. The lowest BCUT2D eigenvalue weighted by Gasteiger charge is -2.23. The normalized spacial score (nSPS) is 33.2. The van der Waals surface area contributed by atoms with Crippen LogP contribution in [0.5, 0.6) is 0 Å². The van der Waals surface area contributed by atoms with E-state index in [4.69, 9.17) is 23.0 Å². The summed E-state index contributed by atoms with van der Waals surface area (Å²) in [5.41, 5.74) is 0. The van der Waals surface area contributed by atoms with Crippen LogP contribution in [0.15, 0.2) is 0 Å². The molecule has 5 unspecified atom stereocenters. The minimum Gasteiger partial charge on any atom is -0.367 e. The van der Waals surface area contributed by atoms with Crippen LogP contribution in [-0.4, -0.2) is 43.7 Å². The van der Waals surface area contributed by atoms with E-state index in [-0.39, 0.29) is 43.7 Å². The molecular weight excluding hydrogens is 319 g/mol. The molecule has 0 N–H and O–H groups in total. The van der Waals surface area contributed by atoms with Gasteiger partial charge in [-0.25, -0.2) is 4.57 Å². The summed E-state index contributed by atoms with van der Waals surface area (Å²) in [6.07, 6.45) is 5.19. The summed E-state index contributed by atoms with van der Waals surface area (Å²) in [6, 6.07) is 0. The molecule has 0 radical (unpaired) electrons. The molecular formula is C16H31O6P. The first-order valence-corrected chi connectivity index (χ1v) is 10.3. The number of epoxide rings is 2. The third-order valence-corrected chi connectivity index (χ3v) is 5.82. The van der Waals surface area contributed by atoms with Crippen molar-refractivity contribution in [2.75, 3.05) is 13.2 Å². The monoisotopic (exact) mass is 350 g/mol. The maximum atomic E-state index is 12.9. The van der Waals surface area contributed by atoms with Gasteiger partial charge in [0.1, 0.15) is 12.2 Å². The summed E-state index contributed by atoms with van der Waals surface area (Å²) in [4.78, 5) is 0. The van der Waals surface area contributed by atoms with Crippen LogP contribution in [-0.2, 0) is 27.6 Å². The lowest BCUT2D eigenvalue weighted by Crippen LogP contribution is -2.16. The Kier molecular flexibility index (Phi) is 7.52. The van der Waals surface area contributed by atoms with Gasteiger partial charge in [-0.1, -0.05) is 33.1 Å². The third-order valence-electron chi connectivity index (χ3n) is 4.33. The van der Waals surface area contributed by atoms with Crippen molar-refractivity contribution in [3.05, 3.63) is 0 Å². The Morgan fingerprint density at radius 1 is 1.00 bits per heavy atom. The molecule has 0 aliphatic carbocycles. The van der Waals surface area contributed by atoms with Crippen LogP contribution in [0.2, 0.25) is 0 Å². The van der Waals surface area contributed by atoms with Crippen LogP contribution >= 0.6 is 7.82 Å². The van der Waals surface area contributed by atoms with Crippen LogP contribution < -0.4 is 0 Å². The summed E-state index contributed by atoms with van der Waals surface area (Å²) < 4.78 is 40.3. The molecule has 2 aliphatic heterocycles. The second-order valence-electron chi connectivity index (χ2n) is 6.43. The second-order valence-corrected chi connectivity index (χ2v) is 8.05. The van der Waals surface area contributed by atoms with Crippen molar-refractivity contribution in [3.63, 3.8) is 0 Å². The van der Waals surface area contributed by atoms with Crippen molar-refractivity contribution in [2.45, 2.75) is 90.3 Å². The van der Waals surface area contributed by atoms with Gasteiger partial charge in [0.15, 0.2) is 0 Å². The molecule has 2 saturated heterocycles.